The minimum atomic E-state index is -4.48. The Morgan fingerprint density at radius 1 is 1.33 bits per heavy atom. The van der Waals surface area contributed by atoms with E-state index in [-0.39, 0.29) is 36.9 Å². The van der Waals surface area contributed by atoms with Crippen LogP contribution >= 0.6 is 0 Å². The molecule has 0 aliphatic carbocycles. The highest BCUT2D eigenvalue weighted by Crippen LogP contribution is 2.32. The Labute approximate surface area is 172 Å². The standard InChI is InChI=1S/C20H24F3N5O2/c1-13-10-25-17(26-13)12-27(2)18(29)9-16-19(30)24-7-8-28(16)11-14-5-3-4-6-15(14)20(21,22)23/h3-6,10,16H,7-9,11-12H2,1-2H3,(H,24,30)(H,25,26). The molecule has 1 saturated heterocycles. The largest absolute Gasteiger partial charge is 0.416 e. The summed E-state index contributed by atoms with van der Waals surface area (Å²) in [5.74, 6) is -0.0334. The van der Waals surface area contributed by atoms with Gasteiger partial charge in [-0.25, -0.2) is 4.98 Å². The highest BCUT2D eigenvalue weighted by Gasteiger charge is 2.36. The van der Waals surface area contributed by atoms with Gasteiger partial charge in [0.05, 0.1) is 24.6 Å². The van der Waals surface area contributed by atoms with E-state index in [0.717, 1.165) is 11.8 Å². The Kier molecular flexibility index (Phi) is 6.45. The van der Waals surface area contributed by atoms with Crippen LogP contribution in [0.2, 0.25) is 0 Å². The number of H-pyrrole nitrogens is 1. The molecule has 0 radical (unpaired) electrons. The first-order chi connectivity index (χ1) is 14.1. The quantitative estimate of drug-likeness (QED) is 0.746. The van der Waals surface area contributed by atoms with Crippen LogP contribution in [0.4, 0.5) is 13.2 Å². The molecule has 7 nitrogen and oxygen atoms in total. The summed E-state index contributed by atoms with van der Waals surface area (Å²) in [6, 6.07) is 4.46. The van der Waals surface area contributed by atoms with Crippen LogP contribution in [0, 0.1) is 6.92 Å². The molecule has 1 aliphatic rings. The molecule has 0 saturated carbocycles. The lowest BCUT2D eigenvalue weighted by Crippen LogP contribution is -2.56. The Morgan fingerprint density at radius 3 is 2.73 bits per heavy atom. The monoisotopic (exact) mass is 423 g/mol. The van der Waals surface area contributed by atoms with Crippen LogP contribution in [0.25, 0.3) is 0 Å². The first-order valence-electron chi connectivity index (χ1n) is 9.56. The van der Waals surface area contributed by atoms with Crippen molar-refractivity contribution >= 4 is 11.8 Å². The smallest absolute Gasteiger partial charge is 0.353 e. The number of hydrogen-bond donors (Lipinski definition) is 2. The molecular weight excluding hydrogens is 399 g/mol. The Hall–Kier alpha value is -2.88. The van der Waals surface area contributed by atoms with Crippen LogP contribution in [0.5, 0.6) is 0 Å². The van der Waals surface area contributed by atoms with Crippen LogP contribution in [0.3, 0.4) is 0 Å². The molecule has 1 aliphatic heterocycles. The molecule has 0 bridgehead atoms. The summed E-state index contributed by atoms with van der Waals surface area (Å²) >= 11 is 0. The number of benzene rings is 1. The zero-order chi connectivity index (χ0) is 21.9. The number of halogens is 3. The van der Waals surface area contributed by atoms with E-state index in [9.17, 15) is 22.8 Å². The van der Waals surface area contributed by atoms with E-state index in [1.54, 1.807) is 18.1 Å². The molecule has 1 aromatic heterocycles. The van der Waals surface area contributed by atoms with Gasteiger partial charge in [0.15, 0.2) is 0 Å². The number of hydrogen-bond acceptors (Lipinski definition) is 4. The molecule has 2 heterocycles. The fourth-order valence-corrected chi connectivity index (χ4v) is 3.51. The van der Waals surface area contributed by atoms with E-state index in [2.05, 4.69) is 15.3 Å². The van der Waals surface area contributed by atoms with E-state index in [4.69, 9.17) is 0 Å². The second-order valence-corrected chi connectivity index (χ2v) is 7.40. The number of aryl methyl sites for hydroxylation is 1. The molecule has 1 unspecified atom stereocenters. The normalized spacial score (nSPS) is 17.6. The molecule has 1 aromatic carbocycles. The Bertz CT molecular complexity index is 912. The summed E-state index contributed by atoms with van der Waals surface area (Å²) < 4.78 is 40.0. The highest BCUT2D eigenvalue weighted by atomic mass is 19.4. The summed E-state index contributed by atoms with van der Waals surface area (Å²) in [7, 11) is 1.60. The lowest BCUT2D eigenvalue weighted by Gasteiger charge is -2.35. The van der Waals surface area contributed by atoms with Crippen molar-refractivity contribution in [3.63, 3.8) is 0 Å². The number of aromatic nitrogens is 2. The predicted molar refractivity (Wildman–Crippen MR) is 103 cm³/mol. The van der Waals surface area contributed by atoms with Gasteiger partial charge in [0.25, 0.3) is 0 Å². The molecule has 1 fully saturated rings. The number of imidazole rings is 1. The summed E-state index contributed by atoms with van der Waals surface area (Å²) in [4.78, 5) is 35.4. The molecule has 2 aromatic rings. The van der Waals surface area contributed by atoms with Gasteiger partial charge in [-0.1, -0.05) is 18.2 Å². The van der Waals surface area contributed by atoms with Crippen molar-refractivity contribution in [1.82, 2.24) is 25.1 Å². The molecule has 30 heavy (non-hydrogen) atoms. The Balaban J connectivity index is 1.72. The lowest BCUT2D eigenvalue weighted by molar-refractivity contribution is -0.140. The van der Waals surface area contributed by atoms with Gasteiger partial charge in [-0.15, -0.1) is 0 Å². The van der Waals surface area contributed by atoms with Gasteiger partial charge in [-0.2, -0.15) is 13.2 Å². The van der Waals surface area contributed by atoms with Crippen LogP contribution in [0.1, 0.15) is 29.1 Å². The van der Waals surface area contributed by atoms with E-state index < -0.39 is 17.8 Å². The zero-order valence-corrected chi connectivity index (χ0v) is 16.8. The molecular formula is C20H24F3N5O2. The Morgan fingerprint density at radius 2 is 2.07 bits per heavy atom. The van der Waals surface area contributed by atoms with E-state index in [0.29, 0.717) is 18.9 Å². The van der Waals surface area contributed by atoms with Crippen molar-refractivity contribution in [2.75, 3.05) is 20.1 Å². The van der Waals surface area contributed by atoms with Gasteiger partial charge < -0.3 is 15.2 Å². The summed E-state index contributed by atoms with van der Waals surface area (Å²) in [6.45, 7) is 2.71. The first kappa shape index (κ1) is 21.8. The minimum Gasteiger partial charge on any atom is -0.353 e. The lowest BCUT2D eigenvalue weighted by atomic mass is 10.0. The number of carbonyl (C=O) groups is 2. The van der Waals surface area contributed by atoms with E-state index in [1.165, 1.54) is 23.1 Å². The zero-order valence-electron chi connectivity index (χ0n) is 16.8. The minimum absolute atomic E-state index is 0.0673. The number of nitrogens with one attached hydrogen (secondary N) is 2. The van der Waals surface area contributed by atoms with E-state index in [1.807, 2.05) is 6.92 Å². The molecule has 3 rings (SSSR count). The van der Waals surface area contributed by atoms with Crippen LogP contribution in [-0.2, 0) is 28.9 Å². The SMILES string of the molecule is Cc1cnc(CN(C)C(=O)CC2C(=O)NCCN2Cc2ccccc2C(F)(F)F)[nH]1. The van der Waals surface area contributed by atoms with Crippen molar-refractivity contribution in [1.29, 1.82) is 0 Å². The van der Waals surface area contributed by atoms with Crippen molar-refractivity contribution in [3.05, 3.63) is 53.1 Å². The first-order valence-corrected chi connectivity index (χ1v) is 9.56. The molecule has 2 N–H and O–H groups in total. The average molecular weight is 423 g/mol. The van der Waals surface area contributed by atoms with Gasteiger partial charge >= 0.3 is 6.18 Å². The van der Waals surface area contributed by atoms with Gasteiger partial charge in [-0.05, 0) is 18.6 Å². The molecule has 2 amide bonds. The van der Waals surface area contributed by atoms with E-state index >= 15 is 0 Å². The third kappa shape index (κ3) is 5.18. The second-order valence-electron chi connectivity index (χ2n) is 7.40. The fourth-order valence-electron chi connectivity index (χ4n) is 3.51. The third-order valence-electron chi connectivity index (χ3n) is 5.07. The topological polar surface area (TPSA) is 81.3 Å². The highest BCUT2D eigenvalue weighted by molar-refractivity contribution is 5.88. The summed E-state index contributed by atoms with van der Waals surface area (Å²) in [5, 5.41) is 2.70. The van der Waals surface area contributed by atoms with Gasteiger partial charge in [0.1, 0.15) is 5.82 Å². The summed E-state index contributed by atoms with van der Waals surface area (Å²) in [6.07, 6.45) is -2.96. The van der Waals surface area contributed by atoms with Crippen LogP contribution in [-0.4, -0.2) is 57.8 Å². The number of alkyl halides is 3. The number of rotatable bonds is 6. The molecule has 1 atom stereocenters. The molecule has 162 valence electrons. The third-order valence-corrected chi connectivity index (χ3v) is 5.07. The predicted octanol–water partition coefficient (Wildman–Crippen LogP) is 2.09. The van der Waals surface area contributed by atoms with Crippen LogP contribution in [0.15, 0.2) is 30.5 Å². The summed E-state index contributed by atoms with van der Waals surface area (Å²) in [5.41, 5.74) is 0.218. The van der Waals surface area contributed by atoms with Gasteiger partial charge in [-0.3, -0.25) is 14.5 Å². The molecule has 0 spiro atoms. The van der Waals surface area contributed by atoms with Crippen molar-refractivity contribution < 1.29 is 22.8 Å². The number of nitrogens with zero attached hydrogens (tertiary/aromatic N) is 3. The maximum absolute atomic E-state index is 13.3. The fraction of sp³-hybridized carbons (Fsp3) is 0.450. The number of amides is 2. The van der Waals surface area contributed by atoms with Crippen molar-refractivity contribution in [2.24, 2.45) is 0 Å². The average Bonchev–Trinajstić information content (AvgIpc) is 3.08. The number of piperazine rings is 1. The van der Waals surface area contributed by atoms with Gasteiger partial charge in [0, 0.05) is 38.6 Å². The maximum Gasteiger partial charge on any atom is 0.416 e. The number of aromatic amines is 1. The number of carbonyl (C=O) groups excluding carboxylic acids is 2. The van der Waals surface area contributed by atoms with Crippen molar-refractivity contribution in [3.8, 4) is 0 Å². The van der Waals surface area contributed by atoms with Crippen molar-refractivity contribution in [2.45, 2.75) is 38.7 Å². The van der Waals surface area contributed by atoms with Gasteiger partial charge in [0.2, 0.25) is 11.8 Å². The maximum atomic E-state index is 13.3. The second kappa shape index (κ2) is 8.86. The van der Waals surface area contributed by atoms with Crippen LogP contribution < -0.4 is 5.32 Å². The molecule has 10 heteroatoms.